The monoisotopic (exact) mass is 333 g/mol. The predicted octanol–water partition coefficient (Wildman–Crippen LogP) is 4.12. The molecule has 23 heavy (non-hydrogen) atoms. The zero-order chi connectivity index (χ0) is 16.8. The van der Waals surface area contributed by atoms with Crippen LogP contribution in [0, 0.1) is 13.8 Å². The normalized spacial score (nSPS) is 10.4. The van der Waals surface area contributed by atoms with Gasteiger partial charge < -0.3 is 14.8 Å². The molecule has 5 heteroatoms. The van der Waals surface area contributed by atoms with Crippen LogP contribution in [0.15, 0.2) is 36.4 Å². The molecule has 4 nitrogen and oxygen atoms in total. The van der Waals surface area contributed by atoms with Crippen LogP contribution in [-0.4, -0.2) is 19.6 Å². The number of carbonyl (C=O) groups is 1. The molecule has 0 radical (unpaired) electrons. The minimum atomic E-state index is -0.254. The maximum absolute atomic E-state index is 12.0. The summed E-state index contributed by atoms with van der Waals surface area (Å²) in [7, 11) is 1.54. The van der Waals surface area contributed by atoms with Crippen molar-refractivity contribution in [2.75, 3.05) is 19.0 Å². The third-order valence-electron chi connectivity index (χ3n) is 3.42. The molecule has 1 amide bonds. The lowest BCUT2D eigenvalue weighted by molar-refractivity contribution is -0.121. The molecule has 0 bridgehead atoms. The third kappa shape index (κ3) is 4.98. The Hall–Kier alpha value is -2.04. The number of aryl methyl sites for hydroxylation is 2. The summed E-state index contributed by atoms with van der Waals surface area (Å²) in [4.78, 5) is 12.0. The van der Waals surface area contributed by atoms with E-state index in [0.29, 0.717) is 23.1 Å². The maximum atomic E-state index is 12.0. The van der Waals surface area contributed by atoms with Gasteiger partial charge in [-0.2, -0.15) is 0 Å². The van der Waals surface area contributed by atoms with Crippen LogP contribution in [0.2, 0.25) is 5.02 Å². The van der Waals surface area contributed by atoms with Gasteiger partial charge in [0.15, 0.2) is 0 Å². The minimum Gasteiger partial charge on any atom is -0.495 e. The lowest BCUT2D eigenvalue weighted by atomic mass is 10.1. The van der Waals surface area contributed by atoms with E-state index in [0.717, 1.165) is 11.1 Å². The molecular formula is C18H20ClNO3. The van der Waals surface area contributed by atoms with Crippen LogP contribution in [-0.2, 0) is 16.1 Å². The van der Waals surface area contributed by atoms with Gasteiger partial charge in [0.2, 0.25) is 5.91 Å². The summed E-state index contributed by atoms with van der Waals surface area (Å²) in [6, 6.07) is 11.2. The second-order valence-electron chi connectivity index (χ2n) is 5.32. The molecule has 0 aromatic heterocycles. The van der Waals surface area contributed by atoms with Crippen molar-refractivity contribution >= 4 is 23.2 Å². The minimum absolute atomic E-state index is 0.0387. The van der Waals surface area contributed by atoms with Crippen LogP contribution >= 0.6 is 11.6 Å². The van der Waals surface area contributed by atoms with Gasteiger partial charge in [0, 0.05) is 5.02 Å². The number of hydrogen-bond donors (Lipinski definition) is 1. The average Bonchev–Trinajstić information content (AvgIpc) is 2.50. The van der Waals surface area contributed by atoms with E-state index in [9.17, 15) is 4.79 Å². The maximum Gasteiger partial charge on any atom is 0.250 e. The highest BCUT2D eigenvalue weighted by molar-refractivity contribution is 6.31. The second-order valence-corrected chi connectivity index (χ2v) is 5.75. The highest BCUT2D eigenvalue weighted by Gasteiger charge is 2.09. The molecule has 0 atom stereocenters. The summed E-state index contributed by atoms with van der Waals surface area (Å²) in [5.41, 5.74) is 3.96. The quantitative estimate of drug-likeness (QED) is 0.865. The van der Waals surface area contributed by atoms with Crippen molar-refractivity contribution in [1.29, 1.82) is 0 Å². The Balaban J connectivity index is 1.89. The number of nitrogens with one attached hydrogen (secondary N) is 1. The fourth-order valence-corrected chi connectivity index (χ4v) is 2.40. The van der Waals surface area contributed by atoms with Crippen LogP contribution in [0.25, 0.3) is 0 Å². The summed E-state index contributed by atoms with van der Waals surface area (Å²) in [6.45, 7) is 4.43. The number of hydrogen-bond acceptors (Lipinski definition) is 3. The first kappa shape index (κ1) is 17.3. The van der Waals surface area contributed by atoms with E-state index >= 15 is 0 Å². The number of amides is 1. The van der Waals surface area contributed by atoms with E-state index in [1.54, 1.807) is 18.2 Å². The Kier molecular flexibility index (Phi) is 6.02. The summed E-state index contributed by atoms with van der Waals surface area (Å²) >= 11 is 5.93. The predicted molar refractivity (Wildman–Crippen MR) is 92.2 cm³/mol. The van der Waals surface area contributed by atoms with Crippen molar-refractivity contribution in [3.8, 4) is 5.75 Å². The van der Waals surface area contributed by atoms with Crippen LogP contribution in [0.4, 0.5) is 5.69 Å². The van der Waals surface area contributed by atoms with Crippen molar-refractivity contribution in [1.82, 2.24) is 0 Å². The fourth-order valence-electron chi connectivity index (χ4n) is 2.23. The van der Waals surface area contributed by atoms with Gasteiger partial charge in [-0.25, -0.2) is 0 Å². The van der Waals surface area contributed by atoms with E-state index in [1.807, 2.05) is 26.0 Å². The van der Waals surface area contributed by atoms with Gasteiger partial charge in [0.25, 0.3) is 0 Å². The van der Waals surface area contributed by atoms with Crippen molar-refractivity contribution in [3.05, 3.63) is 58.1 Å². The molecule has 0 aliphatic rings. The van der Waals surface area contributed by atoms with Gasteiger partial charge in [0.05, 0.1) is 19.4 Å². The van der Waals surface area contributed by atoms with Crippen LogP contribution < -0.4 is 10.1 Å². The first-order valence-electron chi connectivity index (χ1n) is 7.27. The van der Waals surface area contributed by atoms with Crippen LogP contribution in [0.5, 0.6) is 5.75 Å². The highest BCUT2D eigenvalue weighted by Crippen LogP contribution is 2.27. The molecule has 2 aromatic carbocycles. The SMILES string of the molecule is COc1ccc(Cl)cc1NC(=O)COCc1ccc(C)cc1C. The van der Waals surface area contributed by atoms with Crippen molar-refractivity contribution in [3.63, 3.8) is 0 Å². The Labute approximate surface area is 141 Å². The van der Waals surface area contributed by atoms with Gasteiger partial charge in [0.1, 0.15) is 12.4 Å². The molecule has 0 aliphatic carbocycles. The third-order valence-corrected chi connectivity index (χ3v) is 3.66. The molecular weight excluding hydrogens is 314 g/mol. The molecule has 1 N–H and O–H groups in total. The van der Waals surface area contributed by atoms with E-state index in [2.05, 4.69) is 11.4 Å². The Morgan fingerprint density at radius 2 is 1.96 bits per heavy atom. The molecule has 0 unspecified atom stereocenters. The van der Waals surface area contributed by atoms with Crippen LogP contribution in [0.3, 0.4) is 0 Å². The van der Waals surface area contributed by atoms with E-state index < -0.39 is 0 Å². The van der Waals surface area contributed by atoms with E-state index in [1.165, 1.54) is 12.7 Å². The summed E-state index contributed by atoms with van der Waals surface area (Å²) in [6.07, 6.45) is 0. The van der Waals surface area contributed by atoms with E-state index in [4.69, 9.17) is 21.1 Å². The molecule has 0 saturated carbocycles. The van der Waals surface area contributed by atoms with Crippen molar-refractivity contribution in [2.45, 2.75) is 20.5 Å². The number of ether oxygens (including phenoxy) is 2. The summed E-state index contributed by atoms with van der Waals surface area (Å²) < 4.78 is 10.7. The number of benzene rings is 2. The molecule has 0 heterocycles. The fraction of sp³-hybridized carbons (Fsp3) is 0.278. The standard InChI is InChI=1S/C18H20ClNO3/c1-12-4-5-14(13(2)8-12)10-23-11-18(21)20-16-9-15(19)6-7-17(16)22-3/h4-9H,10-11H2,1-3H3,(H,20,21). The van der Waals surface area contributed by atoms with Gasteiger partial charge in [-0.1, -0.05) is 35.4 Å². The number of rotatable bonds is 6. The van der Waals surface area contributed by atoms with Crippen LogP contribution in [0.1, 0.15) is 16.7 Å². The largest absolute Gasteiger partial charge is 0.495 e. The zero-order valence-electron chi connectivity index (χ0n) is 13.5. The number of carbonyl (C=O) groups excluding carboxylic acids is 1. The van der Waals surface area contributed by atoms with Gasteiger partial charge in [-0.15, -0.1) is 0 Å². The Morgan fingerprint density at radius 3 is 2.65 bits per heavy atom. The molecule has 2 aromatic rings. The number of halogens is 1. The average molecular weight is 334 g/mol. The summed E-state index contributed by atoms with van der Waals surface area (Å²) in [5.74, 6) is 0.299. The number of methoxy groups -OCH3 is 1. The zero-order valence-corrected chi connectivity index (χ0v) is 14.2. The van der Waals surface area contributed by atoms with Crippen molar-refractivity contribution < 1.29 is 14.3 Å². The second kappa shape index (κ2) is 7.99. The smallest absolute Gasteiger partial charge is 0.250 e. The lowest BCUT2D eigenvalue weighted by Crippen LogP contribution is -2.18. The Morgan fingerprint density at radius 1 is 1.17 bits per heavy atom. The van der Waals surface area contributed by atoms with Crippen molar-refractivity contribution in [2.24, 2.45) is 0 Å². The molecule has 0 saturated heterocycles. The first-order chi connectivity index (χ1) is 11.0. The molecule has 0 aliphatic heterocycles. The topological polar surface area (TPSA) is 47.6 Å². The molecule has 0 fully saturated rings. The van der Waals surface area contributed by atoms with Gasteiger partial charge in [-0.3, -0.25) is 4.79 Å². The summed E-state index contributed by atoms with van der Waals surface area (Å²) in [5, 5.41) is 3.26. The molecule has 0 spiro atoms. The van der Waals surface area contributed by atoms with Gasteiger partial charge >= 0.3 is 0 Å². The first-order valence-corrected chi connectivity index (χ1v) is 7.64. The number of anilines is 1. The molecule has 122 valence electrons. The lowest BCUT2D eigenvalue weighted by Gasteiger charge is -2.11. The highest BCUT2D eigenvalue weighted by atomic mass is 35.5. The molecule has 2 rings (SSSR count). The van der Waals surface area contributed by atoms with E-state index in [-0.39, 0.29) is 12.5 Å². The van der Waals surface area contributed by atoms with Gasteiger partial charge in [-0.05, 0) is 43.2 Å². The Bertz CT molecular complexity index is 701.